The normalized spacial score (nSPS) is 18.9. The van der Waals surface area contributed by atoms with Gasteiger partial charge in [0.1, 0.15) is 5.69 Å². The smallest absolute Gasteiger partial charge is 0.272 e. The maximum absolute atomic E-state index is 12.9. The van der Waals surface area contributed by atoms with Gasteiger partial charge >= 0.3 is 0 Å². The van der Waals surface area contributed by atoms with Gasteiger partial charge in [0.25, 0.3) is 5.91 Å². The summed E-state index contributed by atoms with van der Waals surface area (Å²) in [4.78, 5) is 21.1. The summed E-state index contributed by atoms with van der Waals surface area (Å²) in [7, 11) is -3.03. The third-order valence-electron chi connectivity index (χ3n) is 4.57. The fraction of sp³-hybridized carbons (Fsp3) is 0.667. The van der Waals surface area contributed by atoms with Crippen molar-refractivity contribution in [3.8, 4) is 0 Å². The van der Waals surface area contributed by atoms with Gasteiger partial charge in [0.05, 0.1) is 11.5 Å². The van der Waals surface area contributed by atoms with E-state index in [0.29, 0.717) is 18.7 Å². The first-order valence-electron chi connectivity index (χ1n) is 9.14. The first-order chi connectivity index (χ1) is 11.9. The molecule has 7 heteroatoms. The van der Waals surface area contributed by atoms with Crippen LogP contribution in [0.2, 0.25) is 0 Å². The van der Waals surface area contributed by atoms with Crippen LogP contribution >= 0.6 is 0 Å². The summed E-state index contributed by atoms with van der Waals surface area (Å²) in [5.74, 6) is 0.0409. The molecule has 1 amide bonds. The number of amides is 1. The van der Waals surface area contributed by atoms with E-state index in [1.165, 1.54) is 0 Å². The van der Waals surface area contributed by atoms with Gasteiger partial charge in [-0.15, -0.1) is 0 Å². The van der Waals surface area contributed by atoms with E-state index in [-0.39, 0.29) is 23.5 Å². The molecule has 0 aromatic carbocycles. The Labute approximate surface area is 151 Å². The van der Waals surface area contributed by atoms with Crippen molar-refractivity contribution >= 4 is 21.4 Å². The van der Waals surface area contributed by atoms with E-state index in [2.05, 4.69) is 23.7 Å². The second kappa shape index (κ2) is 8.65. The topological polar surface area (TPSA) is 70.6 Å². The predicted molar refractivity (Wildman–Crippen MR) is 101 cm³/mol. The Kier molecular flexibility index (Phi) is 6.81. The number of anilines is 1. The second-order valence-corrected chi connectivity index (χ2v) is 8.76. The summed E-state index contributed by atoms with van der Waals surface area (Å²) < 4.78 is 23.5. The van der Waals surface area contributed by atoms with Crippen LogP contribution in [-0.2, 0) is 9.84 Å². The number of pyridine rings is 1. The largest absolute Gasteiger partial charge is 0.371 e. The van der Waals surface area contributed by atoms with Gasteiger partial charge in [0.2, 0.25) is 0 Å². The van der Waals surface area contributed by atoms with Crippen LogP contribution in [0.4, 0.5) is 5.69 Å². The summed E-state index contributed by atoms with van der Waals surface area (Å²) in [6.45, 7) is 8.50. The van der Waals surface area contributed by atoms with Gasteiger partial charge in [-0.25, -0.2) is 8.42 Å². The Bertz CT molecular complexity index is 685. The average Bonchev–Trinajstić information content (AvgIpc) is 2.95. The zero-order valence-electron chi connectivity index (χ0n) is 15.4. The number of hydrogen-bond donors (Lipinski definition) is 0. The van der Waals surface area contributed by atoms with Gasteiger partial charge in [-0.05, 0) is 38.3 Å². The number of sulfone groups is 1. The molecule has 2 heterocycles. The van der Waals surface area contributed by atoms with Gasteiger partial charge in [0, 0.05) is 37.6 Å². The van der Waals surface area contributed by atoms with E-state index >= 15 is 0 Å². The minimum atomic E-state index is -3.03. The summed E-state index contributed by atoms with van der Waals surface area (Å²) >= 11 is 0. The molecule has 2 rings (SSSR count). The van der Waals surface area contributed by atoms with Crippen molar-refractivity contribution in [1.29, 1.82) is 0 Å². The monoisotopic (exact) mass is 367 g/mol. The van der Waals surface area contributed by atoms with Crippen LogP contribution in [-0.4, -0.2) is 61.4 Å². The number of carbonyl (C=O) groups excluding carboxylic acids is 1. The van der Waals surface area contributed by atoms with Crippen molar-refractivity contribution in [3.63, 3.8) is 0 Å². The highest BCUT2D eigenvalue weighted by Crippen LogP contribution is 2.21. The molecule has 0 spiro atoms. The fourth-order valence-corrected chi connectivity index (χ4v) is 5.11. The average molecular weight is 368 g/mol. The molecule has 1 aliphatic heterocycles. The predicted octanol–water partition coefficient (Wildman–Crippen LogP) is 2.36. The van der Waals surface area contributed by atoms with Crippen LogP contribution in [0.5, 0.6) is 0 Å². The molecular weight excluding hydrogens is 338 g/mol. The van der Waals surface area contributed by atoms with Crippen LogP contribution in [0.1, 0.15) is 50.5 Å². The summed E-state index contributed by atoms with van der Waals surface area (Å²) in [5.41, 5.74) is 1.39. The van der Waals surface area contributed by atoms with Gasteiger partial charge in [0.15, 0.2) is 9.84 Å². The van der Waals surface area contributed by atoms with Gasteiger partial charge in [-0.3, -0.25) is 9.78 Å². The van der Waals surface area contributed by atoms with Crippen molar-refractivity contribution in [2.45, 2.75) is 46.1 Å². The molecule has 1 aliphatic rings. The van der Waals surface area contributed by atoms with Gasteiger partial charge in [-0.2, -0.15) is 0 Å². The van der Waals surface area contributed by atoms with Crippen LogP contribution in [0.3, 0.4) is 0 Å². The molecule has 1 saturated heterocycles. The van der Waals surface area contributed by atoms with Crippen LogP contribution in [0.25, 0.3) is 0 Å². The Morgan fingerprint density at radius 2 is 1.92 bits per heavy atom. The highest BCUT2D eigenvalue weighted by molar-refractivity contribution is 7.91. The first kappa shape index (κ1) is 19.7. The molecule has 25 heavy (non-hydrogen) atoms. The molecule has 0 saturated carbocycles. The maximum atomic E-state index is 12.9. The van der Waals surface area contributed by atoms with Crippen molar-refractivity contribution in [2.75, 3.05) is 36.0 Å². The van der Waals surface area contributed by atoms with Crippen molar-refractivity contribution in [3.05, 3.63) is 24.0 Å². The van der Waals surface area contributed by atoms with E-state index in [1.807, 2.05) is 19.1 Å². The number of nitrogens with zero attached hydrogens (tertiary/aromatic N) is 3. The minimum absolute atomic E-state index is 0.0596. The summed E-state index contributed by atoms with van der Waals surface area (Å²) in [6.07, 6.45) is 4.25. The molecule has 140 valence electrons. The first-order valence-corrected chi connectivity index (χ1v) is 11.0. The quantitative estimate of drug-likeness (QED) is 0.705. The Hall–Kier alpha value is -1.63. The van der Waals surface area contributed by atoms with Crippen LogP contribution in [0, 0.1) is 0 Å². The molecule has 1 aromatic heterocycles. The maximum Gasteiger partial charge on any atom is 0.272 e. The standard InChI is InChI=1S/C18H29N3O3S/c1-4-10-20(11-5-2)15-7-9-19-17(13-15)18(22)21(6-3)16-8-12-25(23,24)14-16/h7,9,13,16H,4-6,8,10-12,14H2,1-3H3. The zero-order chi connectivity index (χ0) is 18.4. The van der Waals surface area contributed by atoms with Crippen molar-refractivity contribution < 1.29 is 13.2 Å². The highest BCUT2D eigenvalue weighted by Gasteiger charge is 2.34. The number of hydrogen-bond acceptors (Lipinski definition) is 5. The fourth-order valence-electron chi connectivity index (χ4n) is 3.38. The lowest BCUT2D eigenvalue weighted by Crippen LogP contribution is -2.41. The Morgan fingerprint density at radius 3 is 2.44 bits per heavy atom. The molecule has 0 N–H and O–H groups in total. The molecule has 0 bridgehead atoms. The molecule has 6 nitrogen and oxygen atoms in total. The lowest BCUT2D eigenvalue weighted by Gasteiger charge is -2.27. The van der Waals surface area contributed by atoms with E-state index in [1.54, 1.807) is 11.1 Å². The lowest BCUT2D eigenvalue weighted by molar-refractivity contribution is 0.0702. The molecule has 1 unspecified atom stereocenters. The van der Waals surface area contributed by atoms with E-state index in [0.717, 1.165) is 31.6 Å². The number of rotatable bonds is 8. The zero-order valence-corrected chi connectivity index (χ0v) is 16.3. The summed E-state index contributed by atoms with van der Waals surface area (Å²) in [6, 6.07) is 3.52. The van der Waals surface area contributed by atoms with E-state index in [4.69, 9.17) is 0 Å². The lowest BCUT2D eigenvalue weighted by atomic mass is 10.2. The third kappa shape index (κ3) is 4.93. The van der Waals surface area contributed by atoms with Gasteiger partial charge < -0.3 is 9.80 Å². The van der Waals surface area contributed by atoms with E-state index in [9.17, 15) is 13.2 Å². The number of carbonyl (C=O) groups is 1. The third-order valence-corrected chi connectivity index (χ3v) is 6.32. The molecule has 0 radical (unpaired) electrons. The molecule has 1 aromatic rings. The summed E-state index contributed by atoms with van der Waals surface area (Å²) in [5, 5.41) is 0. The van der Waals surface area contributed by atoms with E-state index < -0.39 is 9.84 Å². The second-order valence-electron chi connectivity index (χ2n) is 6.53. The highest BCUT2D eigenvalue weighted by atomic mass is 32.2. The van der Waals surface area contributed by atoms with Gasteiger partial charge in [-0.1, -0.05) is 13.8 Å². The van der Waals surface area contributed by atoms with Crippen molar-refractivity contribution in [1.82, 2.24) is 9.88 Å². The SMILES string of the molecule is CCCN(CCC)c1ccnc(C(=O)N(CC)C2CCS(=O)(=O)C2)c1. The number of aromatic nitrogens is 1. The molecule has 0 aliphatic carbocycles. The Balaban J connectivity index is 2.21. The Morgan fingerprint density at radius 1 is 1.24 bits per heavy atom. The molecule has 1 atom stereocenters. The minimum Gasteiger partial charge on any atom is -0.371 e. The van der Waals surface area contributed by atoms with Crippen LogP contribution < -0.4 is 4.90 Å². The van der Waals surface area contributed by atoms with Crippen molar-refractivity contribution in [2.24, 2.45) is 0 Å². The van der Waals surface area contributed by atoms with Crippen LogP contribution in [0.15, 0.2) is 18.3 Å². The molecule has 1 fully saturated rings. The molecular formula is C18H29N3O3S.